The molecule has 7 nitrogen and oxygen atoms in total. The summed E-state index contributed by atoms with van der Waals surface area (Å²) in [5, 5.41) is 9.55. The topological polar surface area (TPSA) is 78.0 Å². The molecular formula is C21H36IN5O2. The van der Waals surface area contributed by atoms with Gasteiger partial charge in [0, 0.05) is 32.6 Å². The molecule has 0 aromatic heterocycles. The van der Waals surface area contributed by atoms with Crippen LogP contribution in [0.4, 0.5) is 0 Å². The Balaban J connectivity index is 0.00000420. The number of hydrogen-bond donors (Lipinski definition) is 3. The second-order valence-corrected chi connectivity index (χ2v) is 7.38. The van der Waals surface area contributed by atoms with Gasteiger partial charge in [-0.3, -0.25) is 14.7 Å². The Kier molecular flexibility index (Phi) is 12.0. The molecule has 1 aliphatic rings. The number of methoxy groups -OCH3 is 1. The van der Waals surface area contributed by atoms with Gasteiger partial charge < -0.3 is 20.7 Å². The van der Waals surface area contributed by atoms with Crippen molar-refractivity contribution in [1.82, 2.24) is 20.9 Å². The van der Waals surface area contributed by atoms with E-state index >= 15 is 0 Å². The smallest absolute Gasteiger partial charge is 0.221 e. The van der Waals surface area contributed by atoms with Gasteiger partial charge in [0.1, 0.15) is 5.75 Å². The first-order valence-electron chi connectivity index (χ1n) is 10.2. The lowest BCUT2D eigenvalue weighted by molar-refractivity contribution is -0.121. The maximum atomic E-state index is 11.8. The van der Waals surface area contributed by atoms with Gasteiger partial charge in [0.2, 0.25) is 5.91 Å². The largest absolute Gasteiger partial charge is 0.497 e. The monoisotopic (exact) mass is 517 g/mol. The quantitative estimate of drug-likeness (QED) is 0.267. The molecule has 1 atom stereocenters. The number of nitrogens with zero attached hydrogens (tertiary/aromatic N) is 2. The molecule has 0 radical (unpaired) electrons. The van der Waals surface area contributed by atoms with E-state index in [4.69, 9.17) is 4.74 Å². The third kappa shape index (κ3) is 8.77. The molecular weight excluding hydrogens is 481 g/mol. The Labute approximate surface area is 192 Å². The first kappa shape index (κ1) is 25.5. The maximum absolute atomic E-state index is 11.8. The number of hydrogen-bond acceptors (Lipinski definition) is 4. The second kappa shape index (κ2) is 13.6. The minimum atomic E-state index is 0. The molecule has 1 aliphatic heterocycles. The Morgan fingerprint density at radius 3 is 2.38 bits per heavy atom. The van der Waals surface area contributed by atoms with E-state index in [2.05, 4.69) is 38.0 Å². The van der Waals surface area contributed by atoms with Crippen LogP contribution in [0.3, 0.4) is 0 Å². The molecule has 2 rings (SSSR count). The molecule has 1 unspecified atom stereocenters. The first-order chi connectivity index (χ1) is 13.5. The molecule has 8 heteroatoms. The van der Waals surface area contributed by atoms with Crippen LogP contribution in [0.1, 0.15) is 44.7 Å². The predicted octanol–water partition coefficient (Wildman–Crippen LogP) is 2.53. The highest BCUT2D eigenvalue weighted by Gasteiger charge is 2.23. The van der Waals surface area contributed by atoms with E-state index in [1.54, 1.807) is 14.2 Å². The van der Waals surface area contributed by atoms with Crippen molar-refractivity contribution in [3.05, 3.63) is 29.8 Å². The summed E-state index contributed by atoms with van der Waals surface area (Å²) in [6.07, 6.45) is 2.90. The van der Waals surface area contributed by atoms with E-state index in [1.165, 1.54) is 18.4 Å². The Morgan fingerprint density at radius 1 is 1.17 bits per heavy atom. The van der Waals surface area contributed by atoms with Crippen LogP contribution in [0.15, 0.2) is 29.3 Å². The summed E-state index contributed by atoms with van der Waals surface area (Å²) in [6.45, 7) is 7.45. The molecule has 1 aromatic carbocycles. The van der Waals surface area contributed by atoms with Crippen LogP contribution in [-0.2, 0) is 4.79 Å². The molecule has 1 heterocycles. The SMILES string of the molecule is CN=C(NCCC(=O)NC(C)C)NCC(c1ccc(OC)cc1)N1CCCC1.I. The molecule has 3 N–H and O–H groups in total. The highest BCUT2D eigenvalue weighted by molar-refractivity contribution is 14.0. The zero-order valence-electron chi connectivity index (χ0n) is 18.0. The highest BCUT2D eigenvalue weighted by atomic mass is 127. The molecule has 29 heavy (non-hydrogen) atoms. The average Bonchev–Trinajstić information content (AvgIpc) is 3.21. The number of ether oxygens (including phenoxy) is 1. The van der Waals surface area contributed by atoms with E-state index in [0.29, 0.717) is 13.0 Å². The van der Waals surface area contributed by atoms with Crippen molar-refractivity contribution in [2.45, 2.75) is 45.2 Å². The molecule has 1 aromatic rings. The lowest BCUT2D eigenvalue weighted by Crippen LogP contribution is -2.43. The first-order valence-corrected chi connectivity index (χ1v) is 10.2. The third-order valence-corrected chi connectivity index (χ3v) is 4.86. The molecule has 0 aliphatic carbocycles. The number of nitrogens with one attached hydrogen (secondary N) is 3. The van der Waals surface area contributed by atoms with E-state index in [1.807, 2.05) is 26.0 Å². The van der Waals surface area contributed by atoms with E-state index in [9.17, 15) is 4.79 Å². The van der Waals surface area contributed by atoms with E-state index in [-0.39, 0.29) is 42.0 Å². The standard InChI is InChI=1S/C21H35N5O2.HI/c1-16(2)25-20(27)11-12-23-21(22-3)24-15-19(26-13-5-6-14-26)17-7-9-18(28-4)10-8-17;/h7-10,16,19H,5-6,11-15H2,1-4H3,(H,25,27)(H2,22,23,24);1H. The number of aliphatic imine (C=N–C) groups is 1. The fourth-order valence-corrected chi connectivity index (χ4v) is 3.44. The van der Waals surface area contributed by atoms with Crippen molar-refractivity contribution in [3.8, 4) is 5.75 Å². The van der Waals surface area contributed by atoms with Crippen molar-refractivity contribution in [1.29, 1.82) is 0 Å². The summed E-state index contributed by atoms with van der Waals surface area (Å²) in [6, 6.07) is 8.73. The second-order valence-electron chi connectivity index (χ2n) is 7.38. The van der Waals surface area contributed by atoms with Crippen LogP contribution in [0.5, 0.6) is 5.75 Å². The molecule has 1 saturated heterocycles. The number of carbonyl (C=O) groups excluding carboxylic acids is 1. The molecule has 1 amide bonds. The summed E-state index contributed by atoms with van der Waals surface area (Å²) in [7, 11) is 3.44. The van der Waals surface area contributed by atoms with Gasteiger partial charge in [0.05, 0.1) is 13.2 Å². The van der Waals surface area contributed by atoms with Crippen LogP contribution >= 0.6 is 24.0 Å². The fourth-order valence-electron chi connectivity index (χ4n) is 3.44. The molecule has 0 spiro atoms. The van der Waals surface area contributed by atoms with Crippen molar-refractivity contribution >= 4 is 35.8 Å². The van der Waals surface area contributed by atoms with Crippen LogP contribution in [-0.4, -0.2) is 63.1 Å². The number of guanidine groups is 1. The van der Waals surface area contributed by atoms with Crippen molar-refractivity contribution in [2.75, 3.05) is 40.3 Å². The van der Waals surface area contributed by atoms with Gasteiger partial charge in [-0.1, -0.05) is 12.1 Å². The van der Waals surface area contributed by atoms with Crippen molar-refractivity contribution in [3.63, 3.8) is 0 Å². The zero-order valence-corrected chi connectivity index (χ0v) is 20.4. The van der Waals surface area contributed by atoms with Gasteiger partial charge in [-0.2, -0.15) is 0 Å². The predicted molar refractivity (Wildman–Crippen MR) is 129 cm³/mol. The van der Waals surface area contributed by atoms with E-state index < -0.39 is 0 Å². The van der Waals surface area contributed by atoms with Crippen LogP contribution < -0.4 is 20.7 Å². The minimum Gasteiger partial charge on any atom is -0.497 e. The van der Waals surface area contributed by atoms with Gasteiger partial charge in [0.25, 0.3) is 0 Å². The van der Waals surface area contributed by atoms with Crippen molar-refractivity contribution in [2.24, 2.45) is 4.99 Å². The summed E-state index contributed by atoms with van der Waals surface area (Å²) in [5.74, 6) is 1.63. The Bertz CT molecular complexity index is 630. The van der Waals surface area contributed by atoms with Gasteiger partial charge in [0.15, 0.2) is 5.96 Å². The normalized spacial score (nSPS) is 15.6. The van der Waals surface area contributed by atoms with Gasteiger partial charge in [-0.25, -0.2) is 0 Å². The van der Waals surface area contributed by atoms with Gasteiger partial charge in [-0.15, -0.1) is 24.0 Å². The van der Waals surface area contributed by atoms with Crippen molar-refractivity contribution < 1.29 is 9.53 Å². The summed E-state index contributed by atoms with van der Waals surface area (Å²) in [5.41, 5.74) is 1.27. The summed E-state index contributed by atoms with van der Waals surface area (Å²) < 4.78 is 5.29. The maximum Gasteiger partial charge on any atom is 0.221 e. The molecule has 0 saturated carbocycles. The number of carbonyl (C=O) groups is 1. The van der Waals surface area contributed by atoms with Crippen LogP contribution in [0.2, 0.25) is 0 Å². The molecule has 164 valence electrons. The molecule has 0 bridgehead atoms. The van der Waals surface area contributed by atoms with Crippen LogP contribution in [0.25, 0.3) is 0 Å². The Hall–Kier alpha value is -1.55. The van der Waals surface area contributed by atoms with Crippen LogP contribution in [0, 0.1) is 0 Å². The lowest BCUT2D eigenvalue weighted by atomic mass is 10.1. The van der Waals surface area contributed by atoms with Gasteiger partial charge in [-0.05, 0) is 57.5 Å². The average molecular weight is 517 g/mol. The fraction of sp³-hybridized carbons (Fsp3) is 0.619. The summed E-state index contributed by atoms with van der Waals surface area (Å²) >= 11 is 0. The van der Waals surface area contributed by atoms with E-state index in [0.717, 1.165) is 31.3 Å². The zero-order chi connectivity index (χ0) is 20.4. The van der Waals surface area contributed by atoms with Gasteiger partial charge >= 0.3 is 0 Å². The Morgan fingerprint density at radius 2 is 1.83 bits per heavy atom. The number of likely N-dealkylation sites (tertiary alicyclic amines) is 1. The lowest BCUT2D eigenvalue weighted by Gasteiger charge is -2.29. The molecule has 1 fully saturated rings. The highest BCUT2D eigenvalue weighted by Crippen LogP contribution is 2.26. The third-order valence-electron chi connectivity index (χ3n) is 4.86. The minimum absolute atomic E-state index is 0. The number of amides is 1. The summed E-state index contributed by atoms with van der Waals surface area (Å²) in [4.78, 5) is 18.6. The number of rotatable bonds is 9. The number of halogens is 1. The number of benzene rings is 1.